The first-order valence-electron chi connectivity index (χ1n) is 10.3. The summed E-state index contributed by atoms with van der Waals surface area (Å²) in [4.78, 5) is 41.3. The van der Waals surface area contributed by atoms with Crippen LogP contribution in [0.15, 0.2) is 40.2 Å². The second-order valence-electron chi connectivity index (χ2n) is 7.98. The van der Waals surface area contributed by atoms with Gasteiger partial charge in [0.2, 0.25) is 5.91 Å². The van der Waals surface area contributed by atoms with Crippen molar-refractivity contribution in [2.24, 2.45) is 20.0 Å². The minimum absolute atomic E-state index is 0.0563. The number of carbonyl (C=O) groups is 1. The van der Waals surface area contributed by atoms with E-state index in [1.807, 2.05) is 24.3 Å². The second kappa shape index (κ2) is 9.20. The Hall–Kier alpha value is -3.36. The number of amides is 1. The van der Waals surface area contributed by atoms with Crippen LogP contribution in [-0.2, 0) is 25.4 Å². The van der Waals surface area contributed by atoms with E-state index < -0.39 is 5.69 Å². The Morgan fingerprint density at radius 2 is 1.81 bits per heavy atom. The molecule has 166 valence electrons. The summed E-state index contributed by atoms with van der Waals surface area (Å²) in [5, 5.41) is 3.11. The largest absolute Gasteiger partial charge is 0.497 e. The highest BCUT2D eigenvalue weighted by Crippen LogP contribution is 2.24. The second-order valence-corrected chi connectivity index (χ2v) is 7.98. The molecule has 0 saturated carbocycles. The number of fused-ring (bicyclic) bond motifs is 1. The summed E-state index contributed by atoms with van der Waals surface area (Å²) >= 11 is 0. The zero-order chi connectivity index (χ0) is 22.7. The number of methoxy groups -OCH3 is 1. The third-order valence-corrected chi connectivity index (χ3v) is 5.48. The zero-order valence-corrected chi connectivity index (χ0v) is 18.6. The Balaban J connectivity index is 1.67. The molecular weight excluding hydrogens is 398 g/mol. The monoisotopic (exact) mass is 427 g/mol. The molecule has 1 N–H and O–H groups in total. The average molecular weight is 428 g/mol. The normalized spacial score (nSPS) is 12.3. The van der Waals surface area contributed by atoms with Gasteiger partial charge in [-0.05, 0) is 30.0 Å². The Kier molecular flexibility index (Phi) is 6.62. The first kappa shape index (κ1) is 22.3. The van der Waals surface area contributed by atoms with Crippen LogP contribution in [0, 0.1) is 5.92 Å². The van der Waals surface area contributed by atoms with Crippen molar-refractivity contribution in [3.63, 3.8) is 0 Å². The number of hydrogen-bond acceptors (Lipinski definition) is 5. The lowest BCUT2D eigenvalue weighted by Crippen LogP contribution is -2.37. The topological polar surface area (TPSA) is 100 Å². The molecule has 2 heterocycles. The molecule has 0 radical (unpaired) electrons. The maximum atomic E-state index is 12.6. The van der Waals surface area contributed by atoms with Crippen LogP contribution in [0.3, 0.4) is 0 Å². The van der Waals surface area contributed by atoms with Gasteiger partial charge < -0.3 is 14.6 Å². The van der Waals surface area contributed by atoms with E-state index in [1.165, 1.54) is 17.9 Å². The Morgan fingerprint density at radius 3 is 2.42 bits per heavy atom. The lowest BCUT2D eigenvalue weighted by atomic mass is 9.95. The molecule has 0 spiro atoms. The van der Waals surface area contributed by atoms with Crippen molar-refractivity contribution in [2.75, 3.05) is 7.11 Å². The smallest absolute Gasteiger partial charge is 0.332 e. The molecular formula is C22H29N5O4. The van der Waals surface area contributed by atoms with E-state index in [4.69, 9.17) is 4.74 Å². The lowest BCUT2D eigenvalue weighted by molar-refractivity contribution is -0.122. The zero-order valence-electron chi connectivity index (χ0n) is 18.6. The fourth-order valence-electron chi connectivity index (χ4n) is 3.67. The number of ether oxygens (including phenoxy) is 1. The van der Waals surface area contributed by atoms with Gasteiger partial charge in [0, 0.05) is 27.1 Å². The molecule has 0 saturated heterocycles. The molecule has 0 bridgehead atoms. The van der Waals surface area contributed by atoms with Crippen molar-refractivity contribution in [2.45, 2.75) is 39.3 Å². The number of rotatable bonds is 8. The van der Waals surface area contributed by atoms with Gasteiger partial charge in [0.15, 0.2) is 11.2 Å². The SMILES string of the molecule is COc1ccc(C(NC(=O)CCCn2cnc3c2c(=O)n(C)c(=O)n3C)C(C)C)cc1. The van der Waals surface area contributed by atoms with Gasteiger partial charge in [-0.3, -0.25) is 18.7 Å². The number of aromatic nitrogens is 4. The molecule has 0 aliphatic heterocycles. The van der Waals surface area contributed by atoms with Crippen molar-refractivity contribution in [1.82, 2.24) is 24.0 Å². The molecule has 1 aromatic carbocycles. The van der Waals surface area contributed by atoms with E-state index in [0.29, 0.717) is 30.6 Å². The quantitative estimate of drug-likeness (QED) is 0.590. The van der Waals surface area contributed by atoms with Gasteiger partial charge in [-0.2, -0.15) is 0 Å². The van der Waals surface area contributed by atoms with Crippen LogP contribution in [0.1, 0.15) is 38.3 Å². The molecule has 9 nitrogen and oxygen atoms in total. The first-order valence-corrected chi connectivity index (χ1v) is 10.3. The van der Waals surface area contributed by atoms with E-state index in [1.54, 1.807) is 18.7 Å². The minimum atomic E-state index is -0.416. The number of imidazole rings is 1. The van der Waals surface area contributed by atoms with Gasteiger partial charge in [-0.15, -0.1) is 0 Å². The summed E-state index contributed by atoms with van der Waals surface area (Å²) in [6, 6.07) is 7.58. The van der Waals surface area contributed by atoms with E-state index in [9.17, 15) is 14.4 Å². The number of hydrogen-bond donors (Lipinski definition) is 1. The van der Waals surface area contributed by atoms with Crippen LogP contribution < -0.4 is 21.3 Å². The summed E-state index contributed by atoms with van der Waals surface area (Å²) in [5.74, 6) is 0.937. The van der Waals surface area contributed by atoms with E-state index in [0.717, 1.165) is 15.9 Å². The average Bonchev–Trinajstić information content (AvgIpc) is 3.18. The standard InChI is InChI=1S/C22H29N5O4/c1-14(2)18(15-8-10-16(31-5)11-9-15)24-17(28)7-6-12-27-13-23-20-19(27)21(29)26(4)22(30)25(20)3/h8-11,13-14,18H,6-7,12H2,1-5H3,(H,24,28). The number of nitrogens with zero attached hydrogens (tertiary/aromatic N) is 4. The van der Waals surface area contributed by atoms with Crippen LogP contribution in [0.5, 0.6) is 5.75 Å². The molecule has 1 unspecified atom stereocenters. The van der Waals surface area contributed by atoms with Crippen molar-refractivity contribution < 1.29 is 9.53 Å². The molecule has 1 amide bonds. The predicted octanol–water partition coefficient (Wildman–Crippen LogP) is 1.74. The number of benzene rings is 1. The Morgan fingerprint density at radius 1 is 1.13 bits per heavy atom. The summed E-state index contributed by atoms with van der Waals surface area (Å²) in [5.41, 5.74) is 0.925. The van der Waals surface area contributed by atoms with Gasteiger partial charge in [-0.1, -0.05) is 26.0 Å². The van der Waals surface area contributed by atoms with Gasteiger partial charge in [-0.25, -0.2) is 9.78 Å². The lowest BCUT2D eigenvalue weighted by Gasteiger charge is -2.23. The van der Waals surface area contributed by atoms with Crippen LogP contribution in [-0.4, -0.2) is 31.7 Å². The molecule has 0 aliphatic carbocycles. The molecule has 2 aromatic heterocycles. The van der Waals surface area contributed by atoms with E-state index >= 15 is 0 Å². The van der Waals surface area contributed by atoms with Crippen molar-refractivity contribution in [3.8, 4) is 5.75 Å². The molecule has 3 rings (SSSR count). The number of nitrogens with one attached hydrogen (secondary N) is 1. The third kappa shape index (κ3) is 4.55. The summed E-state index contributed by atoms with van der Waals surface area (Å²) in [6.07, 6.45) is 2.39. The third-order valence-electron chi connectivity index (χ3n) is 5.48. The predicted molar refractivity (Wildman–Crippen MR) is 118 cm³/mol. The first-order chi connectivity index (χ1) is 14.7. The highest BCUT2D eigenvalue weighted by atomic mass is 16.5. The van der Waals surface area contributed by atoms with E-state index in [2.05, 4.69) is 24.1 Å². The highest BCUT2D eigenvalue weighted by molar-refractivity contribution is 5.76. The highest BCUT2D eigenvalue weighted by Gasteiger charge is 2.19. The fourth-order valence-corrected chi connectivity index (χ4v) is 3.67. The van der Waals surface area contributed by atoms with Gasteiger partial charge in [0.25, 0.3) is 5.56 Å². The van der Waals surface area contributed by atoms with Crippen molar-refractivity contribution >= 4 is 17.1 Å². The molecule has 1 atom stereocenters. The molecule has 3 aromatic rings. The van der Waals surface area contributed by atoms with Gasteiger partial charge in [0.05, 0.1) is 19.5 Å². The number of carbonyl (C=O) groups excluding carboxylic acids is 1. The van der Waals surface area contributed by atoms with Gasteiger partial charge in [0.1, 0.15) is 5.75 Å². The summed E-state index contributed by atoms with van der Waals surface area (Å²) < 4.78 is 9.32. The maximum Gasteiger partial charge on any atom is 0.332 e. The Labute approximate surface area is 180 Å². The fraction of sp³-hybridized carbons (Fsp3) is 0.455. The minimum Gasteiger partial charge on any atom is -0.497 e. The van der Waals surface area contributed by atoms with E-state index in [-0.39, 0.29) is 23.4 Å². The van der Waals surface area contributed by atoms with Gasteiger partial charge >= 0.3 is 5.69 Å². The Bertz CT molecular complexity index is 1190. The summed E-state index contributed by atoms with van der Waals surface area (Å²) in [7, 11) is 4.65. The van der Waals surface area contributed by atoms with Crippen molar-refractivity contribution in [3.05, 3.63) is 57.0 Å². The van der Waals surface area contributed by atoms with Crippen LogP contribution in [0.4, 0.5) is 0 Å². The van der Waals surface area contributed by atoms with Crippen molar-refractivity contribution in [1.29, 1.82) is 0 Å². The van der Waals surface area contributed by atoms with Crippen LogP contribution in [0.2, 0.25) is 0 Å². The summed E-state index contributed by atoms with van der Waals surface area (Å²) in [6.45, 7) is 4.58. The molecule has 0 aliphatic rings. The van der Waals surface area contributed by atoms with Crippen LogP contribution >= 0.6 is 0 Å². The number of aryl methyl sites for hydroxylation is 2. The maximum absolute atomic E-state index is 12.6. The molecule has 9 heteroatoms. The van der Waals surface area contributed by atoms with Crippen LogP contribution in [0.25, 0.3) is 11.2 Å². The molecule has 31 heavy (non-hydrogen) atoms. The molecule has 0 fully saturated rings.